The number of carbonyl (C=O) groups excluding carboxylic acids is 1. The van der Waals surface area contributed by atoms with Gasteiger partial charge in [-0.2, -0.15) is 0 Å². The Morgan fingerprint density at radius 1 is 1.41 bits per heavy atom. The summed E-state index contributed by atoms with van der Waals surface area (Å²) in [5.41, 5.74) is 2.75. The van der Waals surface area contributed by atoms with E-state index in [1.807, 2.05) is 6.07 Å². The first-order chi connectivity index (χ1) is 10.6. The van der Waals surface area contributed by atoms with Crippen LogP contribution in [0.15, 0.2) is 30.5 Å². The molecule has 4 nitrogen and oxygen atoms in total. The largest absolute Gasteiger partial charge is 0.496 e. The summed E-state index contributed by atoms with van der Waals surface area (Å²) in [6.45, 7) is 0. The molecule has 0 bridgehead atoms. The van der Waals surface area contributed by atoms with Crippen LogP contribution in [0.25, 0.3) is 11.1 Å². The number of pyridine rings is 1. The molecule has 1 N–H and O–H groups in total. The summed E-state index contributed by atoms with van der Waals surface area (Å²) < 4.78 is 8.05. The minimum absolute atomic E-state index is 0.175. The van der Waals surface area contributed by atoms with Gasteiger partial charge in [-0.15, -0.1) is 11.6 Å². The molecule has 0 radical (unpaired) electrons. The molecule has 22 heavy (non-hydrogen) atoms. The predicted molar refractivity (Wildman–Crippen MR) is 91.8 cm³/mol. The molecular formula is C15H14Cl2N2O2S. The first-order valence-corrected chi connectivity index (χ1v) is 8.46. The van der Waals surface area contributed by atoms with E-state index in [-0.39, 0.29) is 11.8 Å². The van der Waals surface area contributed by atoms with Gasteiger partial charge in [0.2, 0.25) is 0 Å². The Morgan fingerprint density at radius 3 is 2.77 bits per heavy atom. The number of hydrogen-bond acceptors (Lipinski definition) is 4. The molecule has 1 aromatic heterocycles. The first-order valence-electron chi connectivity index (χ1n) is 6.32. The van der Waals surface area contributed by atoms with Gasteiger partial charge in [0, 0.05) is 29.1 Å². The van der Waals surface area contributed by atoms with Gasteiger partial charge in [-0.25, -0.2) is 0 Å². The molecule has 0 aliphatic heterocycles. The number of hydrogen-bond donors (Lipinski definition) is 1. The summed E-state index contributed by atoms with van der Waals surface area (Å²) in [5, 5.41) is 0.499. The van der Waals surface area contributed by atoms with Crippen LogP contribution in [0, 0.1) is 0 Å². The average Bonchev–Trinajstić information content (AvgIpc) is 2.54. The fourth-order valence-electron chi connectivity index (χ4n) is 1.93. The fourth-order valence-corrected chi connectivity index (χ4v) is 2.75. The van der Waals surface area contributed by atoms with Crippen LogP contribution in [0.4, 0.5) is 0 Å². The number of ether oxygens (including phenoxy) is 1. The van der Waals surface area contributed by atoms with Crippen LogP contribution < -0.4 is 9.46 Å². The lowest BCUT2D eigenvalue weighted by molar-refractivity contribution is 0.0984. The van der Waals surface area contributed by atoms with E-state index >= 15 is 0 Å². The summed E-state index contributed by atoms with van der Waals surface area (Å²) in [4.78, 5) is 16.1. The van der Waals surface area contributed by atoms with Crippen LogP contribution in [0.1, 0.15) is 16.1 Å². The van der Waals surface area contributed by atoms with Crippen molar-refractivity contribution in [3.05, 3.63) is 46.7 Å². The normalized spacial score (nSPS) is 10.4. The number of benzene rings is 1. The summed E-state index contributed by atoms with van der Waals surface area (Å²) in [7, 11) is 1.55. The molecule has 7 heteroatoms. The topological polar surface area (TPSA) is 51.2 Å². The Hall–Kier alpha value is -1.43. The first kappa shape index (κ1) is 16.9. The van der Waals surface area contributed by atoms with Gasteiger partial charge in [-0.1, -0.05) is 23.5 Å². The van der Waals surface area contributed by atoms with Crippen molar-refractivity contribution in [2.75, 3.05) is 13.4 Å². The highest BCUT2D eigenvalue weighted by Gasteiger charge is 2.13. The van der Waals surface area contributed by atoms with Crippen LogP contribution in [0.3, 0.4) is 0 Å². The predicted octanol–water partition coefficient (Wildman–Crippen LogP) is 4.16. The lowest BCUT2D eigenvalue weighted by Crippen LogP contribution is -2.15. The Bertz CT molecular complexity index is 695. The van der Waals surface area contributed by atoms with E-state index in [4.69, 9.17) is 27.9 Å². The van der Waals surface area contributed by atoms with Gasteiger partial charge in [0.1, 0.15) is 5.75 Å². The van der Waals surface area contributed by atoms with Crippen molar-refractivity contribution in [3.8, 4) is 16.9 Å². The van der Waals surface area contributed by atoms with Gasteiger partial charge >= 0.3 is 0 Å². The SMILES string of the molecule is COc1cc(C(=O)NSC)ccc1-c1cnc(CCl)c(Cl)c1. The summed E-state index contributed by atoms with van der Waals surface area (Å²) in [6.07, 6.45) is 3.47. The smallest absolute Gasteiger partial charge is 0.261 e. The number of halogens is 2. The lowest BCUT2D eigenvalue weighted by atomic mass is 10.0. The molecule has 1 amide bonds. The van der Waals surface area contributed by atoms with Crippen molar-refractivity contribution >= 4 is 41.1 Å². The number of alkyl halides is 1. The molecule has 0 unspecified atom stereocenters. The van der Waals surface area contributed by atoms with Crippen LogP contribution in [-0.2, 0) is 5.88 Å². The highest BCUT2D eigenvalue weighted by Crippen LogP contribution is 2.32. The van der Waals surface area contributed by atoms with E-state index in [9.17, 15) is 4.79 Å². The van der Waals surface area contributed by atoms with Gasteiger partial charge in [-0.05, 0) is 24.3 Å². The third kappa shape index (κ3) is 3.66. The molecule has 0 spiro atoms. The molecule has 2 rings (SSSR count). The van der Waals surface area contributed by atoms with Crippen molar-refractivity contribution in [1.82, 2.24) is 9.71 Å². The van der Waals surface area contributed by atoms with Crippen molar-refractivity contribution in [3.63, 3.8) is 0 Å². The quantitative estimate of drug-likeness (QED) is 0.645. The number of nitrogens with one attached hydrogen (secondary N) is 1. The lowest BCUT2D eigenvalue weighted by Gasteiger charge is -2.11. The van der Waals surface area contributed by atoms with Crippen molar-refractivity contribution in [2.24, 2.45) is 0 Å². The maximum Gasteiger partial charge on any atom is 0.261 e. The van der Waals surface area contributed by atoms with E-state index in [1.165, 1.54) is 11.9 Å². The van der Waals surface area contributed by atoms with Gasteiger partial charge in [0.05, 0.1) is 23.7 Å². The number of rotatable bonds is 5. The van der Waals surface area contributed by atoms with Crippen LogP contribution in [-0.4, -0.2) is 24.3 Å². The second-order valence-corrected chi connectivity index (χ2v) is 5.62. The second-order valence-electron chi connectivity index (χ2n) is 4.34. The average molecular weight is 357 g/mol. The van der Waals surface area contributed by atoms with Crippen molar-refractivity contribution in [2.45, 2.75) is 5.88 Å². The van der Waals surface area contributed by atoms with Crippen molar-refractivity contribution < 1.29 is 9.53 Å². The number of aromatic nitrogens is 1. The molecule has 0 saturated carbocycles. The Balaban J connectivity index is 2.43. The molecule has 0 atom stereocenters. The van der Waals surface area contributed by atoms with Crippen LogP contribution >= 0.6 is 35.1 Å². The third-order valence-electron chi connectivity index (χ3n) is 3.01. The molecule has 0 aliphatic carbocycles. The molecule has 1 aromatic carbocycles. The van der Waals surface area contributed by atoms with Crippen LogP contribution in [0.2, 0.25) is 5.02 Å². The van der Waals surface area contributed by atoms with Crippen LogP contribution in [0.5, 0.6) is 5.75 Å². The summed E-state index contributed by atoms with van der Waals surface area (Å²) in [5.74, 6) is 0.653. The number of carbonyl (C=O) groups is 1. The highest BCUT2D eigenvalue weighted by atomic mass is 35.5. The molecule has 0 aliphatic rings. The minimum Gasteiger partial charge on any atom is -0.496 e. The van der Waals surface area contributed by atoms with E-state index in [1.54, 1.807) is 37.8 Å². The molecule has 0 saturated heterocycles. The van der Waals surface area contributed by atoms with Gasteiger partial charge in [0.25, 0.3) is 5.91 Å². The Morgan fingerprint density at radius 2 is 2.18 bits per heavy atom. The zero-order valence-corrected chi connectivity index (χ0v) is 14.4. The number of amides is 1. The molecule has 1 heterocycles. The van der Waals surface area contributed by atoms with E-state index in [2.05, 4.69) is 9.71 Å². The summed E-state index contributed by atoms with van der Waals surface area (Å²) in [6, 6.07) is 7.00. The monoisotopic (exact) mass is 356 g/mol. The second kappa shape index (κ2) is 7.72. The minimum atomic E-state index is -0.175. The number of nitrogens with zero attached hydrogens (tertiary/aromatic N) is 1. The Kier molecular flexibility index (Phi) is 5.94. The number of methoxy groups -OCH3 is 1. The maximum absolute atomic E-state index is 11.9. The van der Waals surface area contributed by atoms with Gasteiger partial charge in [-0.3, -0.25) is 14.5 Å². The zero-order valence-electron chi connectivity index (χ0n) is 12.0. The standard InChI is InChI=1S/C15H14Cl2N2O2S/c1-21-14-6-9(15(20)19-22-2)3-4-11(14)10-5-12(17)13(7-16)18-8-10/h3-6,8H,7H2,1-2H3,(H,19,20). The van der Waals surface area contributed by atoms with Gasteiger partial charge in [0.15, 0.2) is 0 Å². The van der Waals surface area contributed by atoms with E-state index in [0.717, 1.165) is 11.1 Å². The fraction of sp³-hybridized carbons (Fsp3) is 0.200. The van der Waals surface area contributed by atoms with Crippen molar-refractivity contribution in [1.29, 1.82) is 0 Å². The van der Waals surface area contributed by atoms with E-state index in [0.29, 0.717) is 22.0 Å². The molecule has 0 fully saturated rings. The maximum atomic E-state index is 11.9. The third-order valence-corrected chi connectivity index (χ3v) is 3.98. The Labute approximate surface area is 143 Å². The summed E-state index contributed by atoms with van der Waals surface area (Å²) >= 11 is 13.1. The highest BCUT2D eigenvalue weighted by molar-refractivity contribution is 7.97. The molecule has 2 aromatic rings. The van der Waals surface area contributed by atoms with E-state index < -0.39 is 0 Å². The molecule has 116 valence electrons. The molecular weight excluding hydrogens is 343 g/mol. The van der Waals surface area contributed by atoms with Gasteiger partial charge < -0.3 is 4.74 Å². The zero-order chi connectivity index (χ0) is 16.1.